The highest BCUT2D eigenvalue weighted by Gasteiger charge is 2.39. The van der Waals surface area contributed by atoms with Crippen LogP contribution in [-0.4, -0.2) is 87.6 Å². The molecule has 1 aromatic heterocycles. The smallest absolute Gasteiger partial charge is 0.407 e. The first-order valence-corrected chi connectivity index (χ1v) is 18.0. The highest BCUT2D eigenvalue weighted by molar-refractivity contribution is 8.00. The van der Waals surface area contributed by atoms with E-state index in [1.165, 1.54) is 18.9 Å². The molecule has 4 amide bonds. The van der Waals surface area contributed by atoms with Crippen molar-refractivity contribution >= 4 is 35.8 Å². The maximum Gasteiger partial charge on any atom is 0.407 e. The van der Waals surface area contributed by atoms with E-state index in [1.54, 1.807) is 47.1 Å². The standard InChI is InChI=1S/C38H51N5O7S/c1-37(2,3)31(43-36(49)50-6)33(45)41-29(22-25-16-18-26(19-17-25)28-15-11-12-20-39-28)30(44)23-27(21-24-13-9-8-10-14-24)40-34(46)32(42-35(47)48)38(4,5)51-7/h8-20,27,29-32,42,44H,21-23H2,1-7H3,(H,40,46)(H,41,45)(H,43,49)(H,47,48)/t27-,29-,30?,31+,32+/m0/s1. The molecule has 2 aromatic carbocycles. The van der Waals surface area contributed by atoms with E-state index in [9.17, 15) is 29.4 Å². The molecule has 1 unspecified atom stereocenters. The molecule has 1 heterocycles. The molecule has 3 aromatic rings. The van der Waals surface area contributed by atoms with E-state index in [-0.39, 0.29) is 12.8 Å². The molecule has 5 atom stereocenters. The van der Waals surface area contributed by atoms with Crippen LogP contribution < -0.4 is 21.3 Å². The number of hydrogen-bond acceptors (Lipinski definition) is 8. The molecule has 0 saturated heterocycles. The number of rotatable bonds is 16. The average Bonchev–Trinajstić information content (AvgIpc) is 3.09. The lowest BCUT2D eigenvalue weighted by Crippen LogP contribution is -2.59. The number of carboxylic acid groups (broad SMARTS) is 1. The summed E-state index contributed by atoms with van der Waals surface area (Å²) in [6, 6.07) is 19.1. The number of amides is 4. The summed E-state index contributed by atoms with van der Waals surface area (Å²) in [6.45, 7) is 8.96. The van der Waals surface area contributed by atoms with Crippen LogP contribution in [0.4, 0.5) is 9.59 Å². The predicted molar refractivity (Wildman–Crippen MR) is 199 cm³/mol. The predicted octanol–water partition coefficient (Wildman–Crippen LogP) is 4.80. The number of nitrogens with zero attached hydrogens (tertiary/aromatic N) is 1. The number of methoxy groups -OCH3 is 1. The Hall–Kier alpha value is -4.62. The molecule has 13 heteroatoms. The number of aromatic nitrogens is 1. The van der Waals surface area contributed by atoms with Gasteiger partial charge in [0.2, 0.25) is 11.8 Å². The molecular weight excluding hydrogens is 671 g/mol. The minimum absolute atomic E-state index is 0.0156. The fourth-order valence-electron chi connectivity index (χ4n) is 5.63. The monoisotopic (exact) mass is 721 g/mol. The normalized spacial score (nSPS) is 14.6. The van der Waals surface area contributed by atoms with E-state index in [4.69, 9.17) is 4.74 Å². The zero-order valence-corrected chi connectivity index (χ0v) is 31.1. The third-order valence-corrected chi connectivity index (χ3v) is 9.97. The molecule has 12 nitrogen and oxygen atoms in total. The van der Waals surface area contributed by atoms with E-state index in [2.05, 4.69) is 26.3 Å². The van der Waals surface area contributed by atoms with Gasteiger partial charge in [-0.15, -0.1) is 0 Å². The van der Waals surface area contributed by atoms with E-state index in [0.29, 0.717) is 6.42 Å². The quantitative estimate of drug-likeness (QED) is 0.121. The maximum absolute atomic E-state index is 13.8. The Morgan fingerprint density at radius 3 is 1.94 bits per heavy atom. The molecule has 51 heavy (non-hydrogen) atoms. The van der Waals surface area contributed by atoms with Gasteiger partial charge in [-0.1, -0.05) is 81.4 Å². The summed E-state index contributed by atoms with van der Waals surface area (Å²) < 4.78 is 3.99. The molecule has 0 radical (unpaired) electrons. The lowest BCUT2D eigenvalue weighted by Gasteiger charge is -2.35. The van der Waals surface area contributed by atoms with E-state index in [0.717, 1.165) is 22.4 Å². The number of carbonyl (C=O) groups excluding carboxylic acids is 3. The second kappa shape index (κ2) is 18.6. The van der Waals surface area contributed by atoms with Gasteiger partial charge >= 0.3 is 12.2 Å². The highest BCUT2D eigenvalue weighted by Crippen LogP contribution is 2.27. The Morgan fingerprint density at radius 1 is 0.784 bits per heavy atom. The Balaban J connectivity index is 1.96. The number of pyridine rings is 1. The summed E-state index contributed by atoms with van der Waals surface area (Å²) in [4.78, 5) is 55.9. The van der Waals surface area contributed by atoms with Crippen LogP contribution in [0.25, 0.3) is 11.3 Å². The van der Waals surface area contributed by atoms with Crippen LogP contribution in [0.2, 0.25) is 0 Å². The Kier molecular flexibility index (Phi) is 14.9. The fraction of sp³-hybridized carbons (Fsp3) is 0.447. The topological polar surface area (TPSA) is 179 Å². The van der Waals surface area contributed by atoms with Gasteiger partial charge < -0.3 is 36.2 Å². The van der Waals surface area contributed by atoms with Crippen LogP contribution in [0.15, 0.2) is 79.0 Å². The molecule has 0 bridgehead atoms. The van der Waals surface area contributed by atoms with Crippen LogP contribution in [0.1, 0.15) is 52.2 Å². The van der Waals surface area contributed by atoms with Crippen LogP contribution in [0.5, 0.6) is 0 Å². The molecule has 0 saturated carbocycles. The molecular formula is C38H51N5O7S. The molecule has 0 aliphatic rings. The van der Waals surface area contributed by atoms with E-state index in [1.807, 2.05) is 72.8 Å². The number of benzene rings is 2. The van der Waals surface area contributed by atoms with Gasteiger partial charge in [0.1, 0.15) is 12.1 Å². The van der Waals surface area contributed by atoms with Gasteiger partial charge in [0, 0.05) is 22.5 Å². The van der Waals surface area contributed by atoms with Gasteiger partial charge in [0.05, 0.1) is 24.9 Å². The van der Waals surface area contributed by atoms with Crippen LogP contribution >= 0.6 is 11.8 Å². The minimum atomic E-state index is -1.33. The number of nitrogens with one attached hydrogen (secondary N) is 4. The first kappa shape index (κ1) is 40.8. The second-order valence-corrected chi connectivity index (χ2v) is 15.5. The van der Waals surface area contributed by atoms with Crippen LogP contribution in [0.3, 0.4) is 0 Å². The maximum atomic E-state index is 13.8. The lowest BCUT2D eigenvalue weighted by molar-refractivity contribution is -0.127. The van der Waals surface area contributed by atoms with Gasteiger partial charge in [-0.25, -0.2) is 9.59 Å². The number of alkyl carbamates (subject to hydrolysis) is 1. The lowest BCUT2D eigenvalue weighted by atomic mass is 9.85. The molecule has 0 spiro atoms. The Morgan fingerprint density at radius 2 is 1.39 bits per heavy atom. The van der Waals surface area contributed by atoms with Gasteiger partial charge in [-0.05, 0) is 68.0 Å². The minimum Gasteiger partial charge on any atom is -0.465 e. The molecule has 276 valence electrons. The molecule has 3 rings (SSSR count). The van der Waals surface area contributed by atoms with Gasteiger partial charge in [0.25, 0.3) is 0 Å². The summed E-state index contributed by atoms with van der Waals surface area (Å²) in [5.41, 5.74) is 2.71. The molecule has 6 N–H and O–H groups in total. The van der Waals surface area contributed by atoms with Crippen molar-refractivity contribution in [2.24, 2.45) is 5.41 Å². The number of aliphatic hydroxyl groups is 1. The first-order chi connectivity index (χ1) is 24.0. The summed E-state index contributed by atoms with van der Waals surface area (Å²) in [5, 5.41) is 32.4. The first-order valence-electron chi connectivity index (χ1n) is 16.8. The second-order valence-electron chi connectivity index (χ2n) is 14.1. The molecule has 0 fully saturated rings. The SMILES string of the molecule is COC(=O)N[C@H](C(=O)N[C@@H](Cc1ccc(-c2ccccn2)cc1)C(O)C[C@H](Cc1ccccc1)NC(=O)[C@@H](NC(=O)O)C(C)(C)SC)C(C)(C)C. The van der Waals surface area contributed by atoms with Gasteiger partial charge in [-0.2, -0.15) is 11.8 Å². The zero-order valence-electron chi connectivity index (χ0n) is 30.3. The zero-order chi connectivity index (χ0) is 37.8. The van der Waals surface area contributed by atoms with Crippen molar-refractivity contribution in [3.63, 3.8) is 0 Å². The Labute approximate surface area is 304 Å². The molecule has 0 aliphatic carbocycles. The third kappa shape index (κ3) is 12.6. The van der Waals surface area contributed by atoms with E-state index >= 15 is 0 Å². The van der Waals surface area contributed by atoms with Crippen molar-refractivity contribution in [3.05, 3.63) is 90.1 Å². The van der Waals surface area contributed by atoms with Crippen molar-refractivity contribution in [2.75, 3.05) is 13.4 Å². The molecule has 0 aliphatic heterocycles. The van der Waals surface area contributed by atoms with Crippen molar-refractivity contribution in [2.45, 2.75) is 88.9 Å². The average molecular weight is 722 g/mol. The number of carbonyl (C=O) groups is 4. The highest BCUT2D eigenvalue weighted by atomic mass is 32.2. The van der Waals surface area contributed by atoms with Crippen molar-refractivity contribution in [3.8, 4) is 11.3 Å². The number of ether oxygens (including phenoxy) is 1. The van der Waals surface area contributed by atoms with Crippen molar-refractivity contribution in [1.82, 2.24) is 26.3 Å². The van der Waals surface area contributed by atoms with E-state index < -0.39 is 64.4 Å². The van der Waals surface area contributed by atoms with Gasteiger partial charge in [0.15, 0.2) is 0 Å². The summed E-state index contributed by atoms with van der Waals surface area (Å²) in [5.74, 6) is -1.05. The fourth-order valence-corrected chi connectivity index (χ4v) is 6.03. The summed E-state index contributed by atoms with van der Waals surface area (Å²) in [6.07, 6.45) is 0.796. The third-order valence-electron chi connectivity index (χ3n) is 8.69. The summed E-state index contributed by atoms with van der Waals surface area (Å²) in [7, 11) is 1.21. The number of aliphatic hydroxyl groups excluding tert-OH is 1. The van der Waals surface area contributed by atoms with Gasteiger partial charge in [-0.3, -0.25) is 14.6 Å². The van der Waals surface area contributed by atoms with Crippen LogP contribution in [0, 0.1) is 5.41 Å². The number of thioether (sulfide) groups is 1. The largest absolute Gasteiger partial charge is 0.465 e. The van der Waals surface area contributed by atoms with Crippen molar-refractivity contribution < 1.29 is 34.1 Å². The number of hydrogen-bond donors (Lipinski definition) is 6. The van der Waals surface area contributed by atoms with Crippen molar-refractivity contribution in [1.29, 1.82) is 0 Å². The summed E-state index contributed by atoms with van der Waals surface area (Å²) >= 11 is 1.35. The Bertz CT molecular complexity index is 1580. The van der Waals surface area contributed by atoms with Crippen LogP contribution in [-0.2, 0) is 27.2 Å².